The molecule has 6 nitrogen and oxygen atoms in total. The van der Waals surface area contributed by atoms with Gasteiger partial charge < -0.3 is 24.7 Å². The number of ether oxygens (including phenoxy) is 3. The van der Waals surface area contributed by atoms with Gasteiger partial charge in [-0.3, -0.25) is 0 Å². The zero-order chi connectivity index (χ0) is 18.8. The average molecular weight is 358 g/mol. The van der Waals surface area contributed by atoms with Gasteiger partial charge in [-0.2, -0.15) is 0 Å². The first kappa shape index (κ1) is 19.6. The van der Waals surface area contributed by atoms with E-state index in [1.807, 2.05) is 49.4 Å². The molecule has 26 heavy (non-hydrogen) atoms. The Morgan fingerprint density at radius 1 is 1.08 bits per heavy atom. The number of nitrogens with zero attached hydrogens (tertiary/aromatic N) is 1. The molecule has 140 valence electrons. The van der Waals surface area contributed by atoms with Gasteiger partial charge in [-0.15, -0.1) is 0 Å². The highest BCUT2D eigenvalue weighted by Crippen LogP contribution is 2.27. The number of hydrogen-bond acceptors (Lipinski definition) is 6. The standard InChI is InChI=1S/C20H26N2O4/c1-15-5-4-6-18(11-15)26-14-17(22-23)13-21-10-9-16-7-8-19(24-2)20(12-16)25-3/h4-8,11-12,21,23H,9-10,13-14H2,1-3H3/b22-17+. The molecule has 0 amide bonds. The largest absolute Gasteiger partial charge is 0.493 e. The lowest BCUT2D eigenvalue weighted by Crippen LogP contribution is -2.29. The number of methoxy groups -OCH3 is 2. The molecule has 0 saturated carbocycles. The van der Waals surface area contributed by atoms with Crippen LogP contribution in [0.1, 0.15) is 11.1 Å². The van der Waals surface area contributed by atoms with Crippen molar-refractivity contribution in [2.24, 2.45) is 5.16 Å². The fraction of sp³-hybridized carbons (Fsp3) is 0.350. The molecule has 0 fully saturated rings. The SMILES string of the molecule is COc1ccc(CCNC/C(COc2cccc(C)c2)=N\O)cc1OC. The molecule has 0 radical (unpaired) electrons. The van der Waals surface area contributed by atoms with Crippen molar-refractivity contribution in [3.63, 3.8) is 0 Å². The Hall–Kier alpha value is -2.73. The second-order valence-corrected chi connectivity index (χ2v) is 5.89. The van der Waals surface area contributed by atoms with E-state index in [0.717, 1.165) is 29.8 Å². The summed E-state index contributed by atoms with van der Waals surface area (Å²) in [5.41, 5.74) is 2.80. The Kier molecular flexibility index (Phi) is 7.76. The maximum Gasteiger partial charge on any atom is 0.160 e. The highest BCUT2D eigenvalue weighted by Gasteiger charge is 2.06. The quantitative estimate of drug-likeness (QED) is 0.296. The normalized spacial score (nSPS) is 11.3. The predicted octanol–water partition coefficient (Wildman–Crippen LogP) is 3.05. The van der Waals surface area contributed by atoms with Crippen molar-refractivity contribution in [1.29, 1.82) is 0 Å². The second kappa shape index (κ2) is 10.3. The number of hydrogen-bond donors (Lipinski definition) is 2. The minimum Gasteiger partial charge on any atom is -0.493 e. The van der Waals surface area contributed by atoms with Crippen molar-refractivity contribution in [3.05, 3.63) is 53.6 Å². The third-order valence-electron chi connectivity index (χ3n) is 3.90. The molecule has 0 spiro atoms. The van der Waals surface area contributed by atoms with Gasteiger partial charge in [-0.05, 0) is 55.3 Å². The third kappa shape index (κ3) is 5.97. The van der Waals surface area contributed by atoms with Crippen molar-refractivity contribution in [2.45, 2.75) is 13.3 Å². The van der Waals surface area contributed by atoms with Gasteiger partial charge in [-0.1, -0.05) is 23.4 Å². The fourth-order valence-corrected chi connectivity index (χ4v) is 2.49. The molecule has 0 atom stereocenters. The maximum absolute atomic E-state index is 9.14. The predicted molar refractivity (Wildman–Crippen MR) is 102 cm³/mol. The van der Waals surface area contributed by atoms with Crippen LogP contribution in [-0.4, -0.2) is 44.8 Å². The zero-order valence-electron chi connectivity index (χ0n) is 15.5. The van der Waals surface area contributed by atoms with Gasteiger partial charge in [0.25, 0.3) is 0 Å². The molecule has 6 heteroatoms. The van der Waals surface area contributed by atoms with Gasteiger partial charge >= 0.3 is 0 Å². The summed E-state index contributed by atoms with van der Waals surface area (Å²) in [6.45, 7) is 3.43. The lowest BCUT2D eigenvalue weighted by molar-refractivity contribution is 0.305. The average Bonchev–Trinajstić information content (AvgIpc) is 2.67. The van der Waals surface area contributed by atoms with Crippen LogP contribution in [0, 0.1) is 6.92 Å². The number of benzene rings is 2. The molecule has 0 saturated heterocycles. The first-order valence-corrected chi connectivity index (χ1v) is 8.47. The highest BCUT2D eigenvalue weighted by molar-refractivity contribution is 5.87. The van der Waals surface area contributed by atoms with Crippen LogP contribution < -0.4 is 19.5 Å². The number of oxime groups is 1. The molecule has 0 aromatic heterocycles. The summed E-state index contributed by atoms with van der Waals surface area (Å²) in [4.78, 5) is 0. The summed E-state index contributed by atoms with van der Waals surface area (Å²) in [5, 5.41) is 15.7. The first-order valence-electron chi connectivity index (χ1n) is 8.47. The summed E-state index contributed by atoms with van der Waals surface area (Å²) in [6, 6.07) is 13.6. The second-order valence-electron chi connectivity index (χ2n) is 5.89. The van der Waals surface area contributed by atoms with Crippen molar-refractivity contribution >= 4 is 5.71 Å². The van der Waals surface area contributed by atoms with Gasteiger partial charge in [0.15, 0.2) is 11.5 Å². The molecule has 0 aliphatic carbocycles. The molecule has 0 heterocycles. The van der Waals surface area contributed by atoms with E-state index in [1.165, 1.54) is 0 Å². The molecule has 2 aromatic rings. The molecule has 2 rings (SSSR count). The molecule has 0 aliphatic rings. The van der Waals surface area contributed by atoms with E-state index in [4.69, 9.17) is 19.4 Å². The Balaban J connectivity index is 1.75. The van der Waals surface area contributed by atoms with Crippen LogP contribution in [0.25, 0.3) is 0 Å². The summed E-state index contributed by atoms with van der Waals surface area (Å²) in [6.07, 6.45) is 0.817. The van der Waals surface area contributed by atoms with Crippen molar-refractivity contribution in [1.82, 2.24) is 5.32 Å². The van der Waals surface area contributed by atoms with Crippen molar-refractivity contribution in [2.75, 3.05) is 33.9 Å². The van der Waals surface area contributed by atoms with E-state index in [-0.39, 0.29) is 6.61 Å². The van der Waals surface area contributed by atoms with E-state index in [9.17, 15) is 0 Å². The van der Waals surface area contributed by atoms with Crippen LogP contribution >= 0.6 is 0 Å². The molecule has 2 aromatic carbocycles. The Labute approximate surface area is 154 Å². The molecular weight excluding hydrogens is 332 g/mol. The van der Waals surface area contributed by atoms with Gasteiger partial charge in [0.1, 0.15) is 18.1 Å². The monoisotopic (exact) mass is 358 g/mol. The number of nitrogens with one attached hydrogen (secondary N) is 1. The van der Waals surface area contributed by atoms with Gasteiger partial charge in [0.05, 0.1) is 14.2 Å². The highest BCUT2D eigenvalue weighted by atomic mass is 16.5. The molecular formula is C20H26N2O4. The van der Waals surface area contributed by atoms with Gasteiger partial charge in [0.2, 0.25) is 0 Å². The molecule has 0 bridgehead atoms. The van der Waals surface area contributed by atoms with E-state index >= 15 is 0 Å². The molecule has 2 N–H and O–H groups in total. The summed E-state index contributed by atoms with van der Waals surface area (Å²) < 4.78 is 16.2. The van der Waals surface area contributed by atoms with E-state index < -0.39 is 0 Å². The lowest BCUT2D eigenvalue weighted by atomic mass is 10.1. The zero-order valence-corrected chi connectivity index (χ0v) is 15.5. The maximum atomic E-state index is 9.14. The van der Waals surface area contributed by atoms with Crippen LogP contribution in [0.15, 0.2) is 47.6 Å². The van der Waals surface area contributed by atoms with Crippen molar-refractivity contribution in [3.8, 4) is 17.2 Å². The van der Waals surface area contributed by atoms with Crippen LogP contribution in [0.2, 0.25) is 0 Å². The van der Waals surface area contributed by atoms with Crippen LogP contribution in [0.5, 0.6) is 17.2 Å². The first-order chi connectivity index (χ1) is 12.7. The fourth-order valence-electron chi connectivity index (χ4n) is 2.49. The number of aryl methyl sites for hydroxylation is 1. The molecule has 0 unspecified atom stereocenters. The summed E-state index contributed by atoms with van der Waals surface area (Å²) in [7, 11) is 3.24. The van der Waals surface area contributed by atoms with Crippen LogP contribution in [0.4, 0.5) is 0 Å². The lowest BCUT2D eigenvalue weighted by Gasteiger charge is -2.11. The topological polar surface area (TPSA) is 72.3 Å². The minimum atomic E-state index is 0.239. The number of rotatable bonds is 10. The Bertz CT molecular complexity index is 732. The summed E-state index contributed by atoms with van der Waals surface area (Å²) >= 11 is 0. The molecule has 0 aliphatic heterocycles. The van der Waals surface area contributed by atoms with E-state index in [2.05, 4.69) is 10.5 Å². The Morgan fingerprint density at radius 2 is 1.88 bits per heavy atom. The third-order valence-corrected chi connectivity index (χ3v) is 3.90. The van der Waals surface area contributed by atoms with E-state index in [1.54, 1.807) is 14.2 Å². The smallest absolute Gasteiger partial charge is 0.160 e. The van der Waals surface area contributed by atoms with Gasteiger partial charge in [-0.25, -0.2) is 0 Å². The van der Waals surface area contributed by atoms with Gasteiger partial charge in [0, 0.05) is 6.54 Å². The minimum absolute atomic E-state index is 0.239. The van der Waals surface area contributed by atoms with Crippen molar-refractivity contribution < 1.29 is 19.4 Å². The van der Waals surface area contributed by atoms with Crippen LogP contribution in [0.3, 0.4) is 0 Å². The Morgan fingerprint density at radius 3 is 2.58 bits per heavy atom. The van der Waals surface area contributed by atoms with Crippen LogP contribution in [-0.2, 0) is 6.42 Å². The van der Waals surface area contributed by atoms with E-state index in [0.29, 0.717) is 23.8 Å². The summed E-state index contributed by atoms with van der Waals surface area (Å²) in [5.74, 6) is 2.19.